The lowest BCUT2D eigenvalue weighted by Crippen LogP contribution is -2.36. The van der Waals surface area contributed by atoms with Gasteiger partial charge in [-0.05, 0) is 43.7 Å². The lowest BCUT2D eigenvalue weighted by atomic mass is 9.99. The zero-order chi connectivity index (χ0) is 18.6. The predicted molar refractivity (Wildman–Crippen MR) is 111 cm³/mol. The van der Waals surface area contributed by atoms with Gasteiger partial charge in [0.05, 0.1) is 11.1 Å². The first-order valence-electron chi connectivity index (χ1n) is 10.7. The van der Waals surface area contributed by atoms with Crippen LogP contribution in [0.2, 0.25) is 0 Å². The summed E-state index contributed by atoms with van der Waals surface area (Å²) in [5.41, 5.74) is 1.76. The van der Waals surface area contributed by atoms with E-state index in [4.69, 9.17) is 4.98 Å². The molecule has 2 aromatic rings. The lowest BCUT2D eigenvalue weighted by Gasteiger charge is -2.32. The van der Waals surface area contributed by atoms with Crippen LogP contribution < -0.4 is 4.90 Å². The highest BCUT2D eigenvalue weighted by Crippen LogP contribution is 2.28. The van der Waals surface area contributed by atoms with E-state index < -0.39 is 0 Å². The second kappa shape index (κ2) is 8.28. The van der Waals surface area contributed by atoms with Gasteiger partial charge in [-0.25, -0.2) is 4.98 Å². The Morgan fingerprint density at radius 3 is 2.52 bits per heavy atom. The molecule has 0 unspecified atom stereocenters. The SMILES string of the molecule is C[C@@H]1CCCN(c2cc(C(=O)N3CCCCCCC3)c3ccccc3n2)C1. The number of anilines is 1. The van der Waals surface area contributed by atoms with Crippen LogP contribution in [0, 0.1) is 5.92 Å². The number of carbonyl (C=O) groups is 1. The number of fused-ring (bicyclic) bond motifs is 1. The fraction of sp³-hybridized carbons (Fsp3) is 0.565. The van der Waals surface area contributed by atoms with Crippen LogP contribution in [0.4, 0.5) is 5.82 Å². The van der Waals surface area contributed by atoms with Crippen molar-refractivity contribution in [1.82, 2.24) is 9.88 Å². The van der Waals surface area contributed by atoms with Crippen LogP contribution in [0.15, 0.2) is 30.3 Å². The maximum atomic E-state index is 13.5. The van der Waals surface area contributed by atoms with Crippen LogP contribution in [0.5, 0.6) is 0 Å². The molecule has 4 nitrogen and oxygen atoms in total. The first kappa shape index (κ1) is 18.3. The second-order valence-electron chi connectivity index (χ2n) is 8.30. The first-order valence-corrected chi connectivity index (χ1v) is 10.7. The summed E-state index contributed by atoms with van der Waals surface area (Å²) >= 11 is 0. The Hall–Kier alpha value is -2.10. The standard InChI is InChI=1S/C23H31N3O/c1-18-10-9-15-26(17-18)22-16-20(19-11-5-6-12-21(19)24-22)23(27)25-13-7-3-2-4-8-14-25/h5-6,11-12,16,18H,2-4,7-10,13-15,17H2,1H3/t18-/m1/s1. The minimum atomic E-state index is 0.182. The number of para-hydroxylation sites is 1. The molecule has 1 aromatic carbocycles. The first-order chi connectivity index (χ1) is 13.2. The highest BCUT2D eigenvalue weighted by molar-refractivity contribution is 6.07. The highest BCUT2D eigenvalue weighted by Gasteiger charge is 2.23. The molecule has 2 fully saturated rings. The van der Waals surface area contributed by atoms with Crippen molar-refractivity contribution in [3.05, 3.63) is 35.9 Å². The van der Waals surface area contributed by atoms with E-state index in [0.29, 0.717) is 5.92 Å². The Labute approximate surface area is 162 Å². The molecule has 2 aliphatic heterocycles. The van der Waals surface area contributed by atoms with Gasteiger partial charge in [-0.2, -0.15) is 0 Å². The van der Waals surface area contributed by atoms with Gasteiger partial charge in [-0.1, -0.05) is 44.4 Å². The summed E-state index contributed by atoms with van der Waals surface area (Å²) in [6.07, 6.45) is 8.48. The maximum Gasteiger partial charge on any atom is 0.254 e. The zero-order valence-electron chi connectivity index (χ0n) is 16.5. The Morgan fingerprint density at radius 1 is 1.00 bits per heavy atom. The van der Waals surface area contributed by atoms with Gasteiger partial charge >= 0.3 is 0 Å². The summed E-state index contributed by atoms with van der Waals surface area (Å²) in [6.45, 7) is 6.13. The summed E-state index contributed by atoms with van der Waals surface area (Å²) < 4.78 is 0. The average molecular weight is 366 g/mol. The predicted octanol–water partition coefficient (Wildman–Crippen LogP) is 4.88. The fourth-order valence-corrected chi connectivity index (χ4v) is 4.52. The number of pyridine rings is 1. The molecule has 3 heterocycles. The number of carbonyl (C=O) groups excluding carboxylic acids is 1. The Balaban J connectivity index is 1.70. The largest absolute Gasteiger partial charge is 0.356 e. The molecule has 4 rings (SSSR count). The smallest absolute Gasteiger partial charge is 0.254 e. The molecule has 0 spiro atoms. The molecule has 0 aliphatic carbocycles. The molecule has 0 saturated carbocycles. The number of rotatable bonds is 2. The summed E-state index contributed by atoms with van der Waals surface area (Å²) in [5, 5.41) is 0.985. The number of likely N-dealkylation sites (tertiary alicyclic amines) is 1. The van der Waals surface area contributed by atoms with Crippen molar-refractivity contribution in [3.63, 3.8) is 0 Å². The van der Waals surface area contributed by atoms with E-state index in [9.17, 15) is 4.79 Å². The third kappa shape index (κ3) is 4.10. The molecule has 4 heteroatoms. The van der Waals surface area contributed by atoms with Crippen LogP contribution in [0.1, 0.15) is 62.2 Å². The summed E-state index contributed by atoms with van der Waals surface area (Å²) in [7, 11) is 0. The molecule has 0 radical (unpaired) electrons. The quantitative estimate of drug-likeness (QED) is 0.761. The van der Waals surface area contributed by atoms with E-state index >= 15 is 0 Å². The van der Waals surface area contributed by atoms with Crippen LogP contribution in [-0.4, -0.2) is 42.0 Å². The molecule has 1 amide bonds. The number of benzene rings is 1. The van der Waals surface area contributed by atoms with Crippen molar-refractivity contribution in [2.45, 2.75) is 51.9 Å². The summed E-state index contributed by atoms with van der Waals surface area (Å²) in [5.74, 6) is 1.83. The van der Waals surface area contributed by atoms with Gasteiger partial charge in [0.2, 0.25) is 0 Å². The maximum absolute atomic E-state index is 13.5. The number of amides is 1. The molecule has 144 valence electrons. The van der Waals surface area contributed by atoms with Crippen molar-refractivity contribution in [3.8, 4) is 0 Å². The van der Waals surface area contributed by atoms with Crippen molar-refractivity contribution in [2.24, 2.45) is 5.92 Å². The minimum absolute atomic E-state index is 0.182. The molecule has 1 aromatic heterocycles. The zero-order valence-corrected chi connectivity index (χ0v) is 16.5. The summed E-state index contributed by atoms with van der Waals surface area (Å²) in [6, 6.07) is 10.2. The summed E-state index contributed by atoms with van der Waals surface area (Å²) in [4.78, 5) is 22.8. The molecule has 2 saturated heterocycles. The van der Waals surface area contributed by atoms with E-state index in [-0.39, 0.29) is 5.91 Å². The van der Waals surface area contributed by atoms with Crippen molar-refractivity contribution >= 4 is 22.6 Å². The molecule has 1 atom stereocenters. The van der Waals surface area contributed by atoms with Gasteiger partial charge in [0, 0.05) is 31.6 Å². The Morgan fingerprint density at radius 2 is 1.74 bits per heavy atom. The van der Waals surface area contributed by atoms with Crippen molar-refractivity contribution < 1.29 is 4.79 Å². The van der Waals surface area contributed by atoms with Crippen molar-refractivity contribution in [2.75, 3.05) is 31.1 Å². The monoisotopic (exact) mass is 365 g/mol. The van der Waals surface area contributed by atoms with Crippen LogP contribution >= 0.6 is 0 Å². The molecule has 0 N–H and O–H groups in total. The molecular weight excluding hydrogens is 334 g/mol. The van der Waals surface area contributed by atoms with Gasteiger partial charge in [-0.15, -0.1) is 0 Å². The third-order valence-corrected chi connectivity index (χ3v) is 6.06. The van der Waals surface area contributed by atoms with Crippen LogP contribution in [-0.2, 0) is 0 Å². The van der Waals surface area contributed by atoms with Crippen LogP contribution in [0.3, 0.4) is 0 Å². The van der Waals surface area contributed by atoms with Crippen LogP contribution in [0.25, 0.3) is 10.9 Å². The normalized spacial score (nSPS) is 21.7. The topological polar surface area (TPSA) is 36.4 Å². The number of nitrogens with zero attached hydrogens (tertiary/aromatic N) is 3. The second-order valence-corrected chi connectivity index (χ2v) is 8.30. The van der Waals surface area contributed by atoms with Gasteiger partial charge in [-0.3, -0.25) is 4.79 Å². The third-order valence-electron chi connectivity index (χ3n) is 6.06. The Bertz CT molecular complexity index is 795. The number of hydrogen-bond acceptors (Lipinski definition) is 3. The fourth-order valence-electron chi connectivity index (χ4n) is 4.52. The molecule has 0 bridgehead atoms. The molecule has 2 aliphatic rings. The number of aromatic nitrogens is 1. The van der Waals surface area contributed by atoms with Gasteiger partial charge in [0.25, 0.3) is 5.91 Å². The number of piperidine rings is 1. The lowest BCUT2D eigenvalue weighted by molar-refractivity contribution is 0.0744. The number of hydrogen-bond donors (Lipinski definition) is 0. The van der Waals surface area contributed by atoms with Gasteiger partial charge in [0.15, 0.2) is 0 Å². The molecular formula is C23H31N3O. The van der Waals surface area contributed by atoms with E-state index in [1.54, 1.807) is 0 Å². The van der Waals surface area contributed by atoms with Gasteiger partial charge in [0.1, 0.15) is 5.82 Å². The van der Waals surface area contributed by atoms with Gasteiger partial charge < -0.3 is 9.80 Å². The van der Waals surface area contributed by atoms with Crippen molar-refractivity contribution in [1.29, 1.82) is 0 Å². The Kier molecular flexibility index (Phi) is 5.61. The van der Waals surface area contributed by atoms with E-state index in [1.807, 2.05) is 24.3 Å². The highest BCUT2D eigenvalue weighted by atomic mass is 16.2. The minimum Gasteiger partial charge on any atom is -0.356 e. The average Bonchev–Trinajstić information content (AvgIpc) is 2.66. The van der Waals surface area contributed by atoms with E-state index in [1.165, 1.54) is 32.1 Å². The van der Waals surface area contributed by atoms with E-state index in [0.717, 1.165) is 61.3 Å². The molecule has 27 heavy (non-hydrogen) atoms. The van der Waals surface area contributed by atoms with E-state index in [2.05, 4.69) is 22.8 Å².